The minimum absolute atomic E-state index is 0.219. The molecule has 3 heteroatoms. The van der Waals surface area contributed by atoms with Gasteiger partial charge in [-0.15, -0.1) is 0 Å². The summed E-state index contributed by atoms with van der Waals surface area (Å²) in [5.74, 6) is 1.52. The summed E-state index contributed by atoms with van der Waals surface area (Å²) in [5, 5.41) is 1.21. The third-order valence-electron chi connectivity index (χ3n) is 4.18. The quantitative estimate of drug-likeness (QED) is 0.846. The van der Waals surface area contributed by atoms with E-state index in [2.05, 4.69) is 29.9 Å². The summed E-state index contributed by atoms with van der Waals surface area (Å²) in [6, 6.07) is 6.13. The van der Waals surface area contributed by atoms with Crippen LogP contribution >= 0.6 is 0 Å². The number of fused-ring (bicyclic) bond motifs is 1. The van der Waals surface area contributed by atoms with Gasteiger partial charge >= 0.3 is 0 Å². The minimum atomic E-state index is 0.219. The number of ketones is 1. The van der Waals surface area contributed by atoms with Gasteiger partial charge in [-0.2, -0.15) is 0 Å². The highest BCUT2D eigenvalue weighted by molar-refractivity contribution is 5.87. The molecule has 1 unspecified atom stereocenters. The summed E-state index contributed by atoms with van der Waals surface area (Å²) < 4.78 is 7.43. The maximum atomic E-state index is 11.8. The lowest BCUT2D eigenvalue weighted by Gasteiger charge is -2.07. The van der Waals surface area contributed by atoms with Gasteiger partial charge < -0.3 is 9.30 Å². The van der Waals surface area contributed by atoms with Crippen molar-refractivity contribution in [3.05, 3.63) is 30.0 Å². The first-order valence-corrected chi connectivity index (χ1v) is 6.83. The molecular formula is C16H19NO2. The molecule has 3 rings (SSSR count). The number of rotatable bonds is 3. The highest BCUT2D eigenvalue weighted by Gasteiger charge is 2.25. The number of hydrogen-bond acceptors (Lipinski definition) is 2. The maximum absolute atomic E-state index is 11.8. The van der Waals surface area contributed by atoms with Crippen molar-refractivity contribution in [1.29, 1.82) is 0 Å². The van der Waals surface area contributed by atoms with Crippen molar-refractivity contribution in [3.8, 4) is 5.75 Å². The first kappa shape index (κ1) is 12.3. The molecule has 2 aromatic rings. The van der Waals surface area contributed by atoms with Gasteiger partial charge in [0.1, 0.15) is 11.5 Å². The molecular weight excluding hydrogens is 238 g/mol. The van der Waals surface area contributed by atoms with Crippen molar-refractivity contribution in [3.63, 3.8) is 0 Å². The summed E-state index contributed by atoms with van der Waals surface area (Å²) in [6.07, 6.45) is 5.87. The van der Waals surface area contributed by atoms with Gasteiger partial charge in [-0.3, -0.25) is 4.79 Å². The number of hydrogen-bond donors (Lipinski definition) is 0. The minimum Gasteiger partial charge on any atom is -0.497 e. The highest BCUT2D eigenvalue weighted by Crippen LogP contribution is 2.31. The Bertz CT molecular complexity index is 627. The standard InChI is InChI=1S/C16H19NO2/c1-17-10-12(8-11-4-3-5-16(11)18)14-9-13(19-2)6-7-15(14)17/h6-7,9-11H,3-5,8H2,1-2H3. The molecule has 1 aromatic carbocycles. The van der Waals surface area contributed by atoms with Crippen LogP contribution < -0.4 is 4.74 Å². The van der Waals surface area contributed by atoms with Gasteiger partial charge in [0.15, 0.2) is 0 Å². The largest absolute Gasteiger partial charge is 0.497 e. The number of ether oxygens (including phenoxy) is 1. The van der Waals surface area contributed by atoms with E-state index in [1.54, 1.807) is 7.11 Å². The number of Topliss-reactive ketones (excluding diaryl/α,β-unsaturated/α-hetero) is 1. The van der Waals surface area contributed by atoms with E-state index in [1.807, 2.05) is 6.07 Å². The average Bonchev–Trinajstić information content (AvgIpc) is 2.95. The number of methoxy groups -OCH3 is 1. The lowest BCUT2D eigenvalue weighted by Crippen LogP contribution is -2.09. The fraction of sp³-hybridized carbons (Fsp3) is 0.438. The summed E-state index contributed by atoms with van der Waals surface area (Å²) in [6.45, 7) is 0. The Morgan fingerprint density at radius 1 is 1.42 bits per heavy atom. The van der Waals surface area contributed by atoms with Crippen molar-refractivity contribution in [2.24, 2.45) is 13.0 Å². The Morgan fingerprint density at radius 3 is 2.95 bits per heavy atom. The number of aryl methyl sites for hydroxylation is 1. The summed E-state index contributed by atoms with van der Waals surface area (Å²) in [5.41, 5.74) is 2.46. The van der Waals surface area contributed by atoms with E-state index in [4.69, 9.17) is 4.74 Å². The molecule has 0 spiro atoms. The van der Waals surface area contributed by atoms with E-state index in [1.165, 1.54) is 16.5 Å². The Kier molecular flexibility index (Phi) is 3.05. The number of nitrogens with zero attached hydrogens (tertiary/aromatic N) is 1. The van der Waals surface area contributed by atoms with Crippen LogP contribution in [0, 0.1) is 5.92 Å². The van der Waals surface area contributed by atoms with Gasteiger partial charge in [0.2, 0.25) is 0 Å². The Labute approximate surface area is 113 Å². The van der Waals surface area contributed by atoms with Crippen LogP contribution in [0.15, 0.2) is 24.4 Å². The number of carbonyl (C=O) groups excluding carboxylic acids is 1. The zero-order chi connectivity index (χ0) is 13.4. The fourth-order valence-corrected chi connectivity index (χ4v) is 3.11. The Balaban J connectivity index is 2.00. The molecule has 0 aliphatic heterocycles. The maximum Gasteiger partial charge on any atom is 0.136 e. The number of benzene rings is 1. The van der Waals surface area contributed by atoms with Crippen LogP contribution in [0.1, 0.15) is 24.8 Å². The second-order valence-electron chi connectivity index (χ2n) is 5.41. The molecule has 3 nitrogen and oxygen atoms in total. The Hall–Kier alpha value is -1.77. The lowest BCUT2D eigenvalue weighted by atomic mass is 9.97. The van der Waals surface area contributed by atoms with Gasteiger partial charge in [-0.1, -0.05) is 0 Å². The molecule has 1 saturated carbocycles. The number of carbonyl (C=O) groups is 1. The van der Waals surface area contributed by atoms with Crippen molar-refractivity contribution in [2.75, 3.05) is 7.11 Å². The molecule has 0 radical (unpaired) electrons. The predicted molar refractivity (Wildman–Crippen MR) is 75.5 cm³/mol. The van der Waals surface area contributed by atoms with Gasteiger partial charge in [0.05, 0.1) is 7.11 Å². The molecule has 0 saturated heterocycles. The second-order valence-corrected chi connectivity index (χ2v) is 5.41. The van der Waals surface area contributed by atoms with Crippen LogP contribution in [-0.4, -0.2) is 17.5 Å². The molecule has 1 aromatic heterocycles. The van der Waals surface area contributed by atoms with E-state index in [9.17, 15) is 4.79 Å². The molecule has 0 bridgehead atoms. The predicted octanol–water partition coefficient (Wildman–Crippen LogP) is 3.10. The van der Waals surface area contributed by atoms with Gasteiger partial charge in [-0.05, 0) is 43.0 Å². The summed E-state index contributed by atoms with van der Waals surface area (Å²) >= 11 is 0. The SMILES string of the molecule is COc1ccc2c(c1)c(CC1CCCC1=O)cn2C. The molecule has 1 heterocycles. The molecule has 1 atom stereocenters. The van der Waals surface area contributed by atoms with Gasteiger partial charge in [0, 0.05) is 36.5 Å². The zero-order valence-corrected chi connectivity index (χ0v) is 11.5. The van der Waals surface area contributed by atoms with E-state index >= 15 is 0 Å². The van der Waals surface area contributed by atoms with E-state index in [0.29, 0.717) is 5.78 Å². The topological polar surface area (TPSA) is 31.2 Å². The van der Waals surface area contributed by atoms with E-state index in [0.717, 1.165) is 31.4 Å². The zero-order valence-electron chi connectivity index (χ0n) is 11.5. The fourth-order valence-electron chi connectivity index (χ4n) is 3.11. The smallest absolute Gasteiger partial charge is 0.136 e. The van der Waals surface area contributed by atoms with Crippen LogP contribution in [0.5, 0.6) is 5.75 Å². The average molecular weight is 257 g/mol. The number of aromatic nitrogens is 1. The molecule has 19 heavy (non-hydrogen) atoms. The molecule has 1 aliphatic carbocycles. The van der Waals surface area contributed by atoms with Gasteiger partial charge in [0.25, 0.3) is 0 Å². The first-order chi connectivity index (χ1) is 9.19. The van der Waals surface area contributed by atoms with Crippen LogP contribution in [-0.2, 0) is 18.3 Å². The molecule has 100 valence electrons. The van der Waals surface area contributed by atoms with E-state index in [-0.39, 0.29) is 5.92 Å². The third-order valence-corrected chi connectivity index (χ3v) is 4.18. The second kappa shape index (κ2) is 4.72. The molecule has 1 fully saturated rings. The van der Waals surface area contributed by atoms with Crippen LogP contribution in [0.4, 0.5) is 0 Å². The highest BCUT2D eigenvalue weighted by atomic mass is 16.5. The van der Waals surface area contributed by atoms with E-state index < -0.39 is 0 Å². The summed E-state index contributed by atoms with van der Waals surface area (Å²) in [4.78, 5) is 11.8. The molecule has 0 N–H and O–H groups in total. The molecule has 1 aliphatic rings. The monoisotopic (exact) mass is 257 g/mol. The normalized spacial score (nSPS) is 19.3. The van der Waals surface area contributed by atoms with Crippen LogP contribution in [0.25, 0.3) is 10.9 Å². The third kappa shape index (κ3) is 2.14. The molecule has 0 amide bonds. The van der Waals surface area contributed by atoms with Crippen LogP contribution in [0.3, 0.4) is 0 Å². The first-order valence-electron chi connectivity index (χ1n) is 6.83. The van der Waals surface area contributed by atoms with Crippen molar-refractivity contribution in [1.82, 2.24) is 4.57 Å². The van der Waals surface area contributed by atoms with Crippen molar-refractivity contribution >= 4 is 16.7 Å². The lowest BCUT2D eigenvalue weighted by molar-refractivity contribution is -0.120. The summed E-state index contributed by atoms with van der Waals surface area (Å²) in [7, 11) is 3.74. The van der Waals surface area contributed by atoms with Crippen molar-refractivity contribution < 1.29 is 9.53 Å². The van der Waals surface area contributed by atoms with Crippen LogP contribution in [0.2, 0.25) is 0 Å². The Morgan fingerprint density at radius 2 is 2.26 bits per heavy atom. The van der Waals surface area contributed by atoms with Crippen molar-refractivity contribution in [2.45, 2.75) is 25.7 Å². The van der Waals surface area contributed by atoms with Gasteiger partial charge in [-0.25, -0.2) is 0 Å².